The highest BCUT2D eigenvalue weighted by molar-refractivity contribution is 5.82. The van der Waals surface area contributed by atoms with Crippen LogP contribution in [0.15, 0.2) is 24.4 Å². The normalized spacial score (nSPS) is 20.1. The molecule has 3 aromatic rings. The van der Waals surface area contributed by atoms with Gasteiger partial charge in [-0.15, -0.1) is 0 Å². The number of carbonyl (C=O) groups is 1. The molecule has 190 valence electrons. The first-order chi connectivity index (χ1) is 17.4. The number of likely N-dealkylation sites (tertiary alicyclic amines) is 1. The van der Waals surface area contributed by atoms with Gasteiger partial charge in [0.25, 0.3) is 0 Å². The van der Waals surface area contributed by atoms with Crippen LogP contribution in [0.3, 0.4) is 0 Å². The lowest BCUT2D eigenvalue weighted by Gasteiger charge is -2.47. The Balaban J connectivity index is 1.35. The maximum absolute atomic E-state index is 11.3. The maximum atomic E-state index is 11.3. The van der Waals surface area contributed by atoms with Crippen LogP contribution in [0.2, 0.25) is 0 Å². The van der Waals surface area contributed by atoms with Crippen molar-refractivity contribution >= 4 is 22.8 Å². The van der Waals surface area contributed by atoms with Crippen molar-refractivity contribution in [3.63, 3.8) is 0 Å². The number of rotatable bonds is 4. The molecule has 11 heteroatoms. The predicted molar refractivity (Wildman–Crippen MR) is 131 cm³/mol. The van der Waals surface area contributed by atoms with Gasteiger partial charge >= 0.3 is 12.1 Å². The molecule has 5 heterocycles. The molecule has 3 saturated heterocycles. The average Bonchev–Trinajstić information content (AvgIpc) is 3.29. The number of benzene rings is 1. The minimum absolute atomic E-state index is 0.266. The number of aryl methyl sites for hydroxylation is 1. The third kappa shape index (κ3) is 4.01. The summed E-state index contributed by atoms with van der Waals surface area (Å²) in [6.07, 6.45) is 2.62. The highest BCUT2D eigenvalue weighted by atomic mass is 16.6. The number of piperidine rings is 1. The van der Waals surface area contributed by atoms with Gasteiger partial charge in [-0.25, -0.2) is 9.48 Å². The van der Waals surface area contributed by atoms with E-state index in [0.29, 0.717) is 51.2 Å². The lowest BCUT2D eigenvalue weighted by Crippen LogP contribution is -2.63. The van der Waals surface area contributed by atoms with Crippen LogP contribution in [-0.2, 0) is 9.47 Å². The highest BCUT2D eigenvalue weighted by Gasteiger charge is 2.44. The van der Waals surface area contributed by atoms with Crippen LogP contribution in [0.25, 0.3) is 16.7 Å². The van der Waals surface area contributed by atoms with Gasteiger partial charge in [0.2, 0.25) is 0 Å². The van der Waals surface area contributed by atoms with E-state index in [4.69, 9.17) is 14.2 Å². The second kappa shape index (κ2) is 8.90. The van der Waals surface area contributed by atoms with E-state index in [9.17, 15) is 9.90 Å². The summed E-state index contributed by atoms with van der Waals surface area (Å²) < 4.78 is 18.7. The van der Waals surface area contributed by atoms with Gasteiger partial charge in [0.05, 0.1) is 45.2 Å². The van der Waals surface area contributed by atoms with Crippen molar-refractivity contribution in [2.24, 2.45) is 0 Å². The van der Waals surface area contributed by atoms with E-state index in [1.807, 2.05) is 16.9 Å². The Hall–Kier alpha value is -3.44. The topological polar surface area (TPSA) is 115 Å². The lowest BCUT2D eigenvalue weighted by molar-refractivity contribution is -0.211. The standard InChI is InChI=1S/C25H30N6O5/c1-16-9-18-12-26-31(20(18)10-19(16)17-3-5-29(6-4-17)24(32)33)22-11-21(27-23(28-22)34-2)30-7-8-36-25(13-30)14-35-15-25/h9-12,17H,3-8,13-15H2,1-2H3,(H,32,33). The molecule has 0 unspecified atom stereocenters. The highest BCUT2D eigenvalue weighted by Crippen LogP contribution is 2.34. The molecule has 2 aromatic heterocycles. The Morgan fingerprint density at radius 3 is 2.61 bits per heavy atom. The van der Waals surface area contributed by atoms with Crippen LogP contribution in [0.1, 0.15) is 29.9 Å². The second-order valence-corrected chi connectivity index (χ2v) is 9.88. The fourth-order valence-corrected chi connectivity index (χ4v) is 5.52. The average molecular weight is 495 g/mol. The van der Waals surface area contributed by atoms with Crippen LogP contribution < -0.4 is 9.64 Å². The Morgan fingerprint density at radius 1 is 1.14 bits per heavy atom. The SMILES string of the molecule is COc1nc(N2CCOC3(COC3)C2)cc(-n2ncc3cc(C)c(C4CCN(C(=O)O)CC4)cc32)n1. The Kier molecular flexibility index (Phi) is 5.68. The number of morpholine rings is 1. The van der Waals surface area contributed by atoms with Gasteiger partial charge in [-0.05, 0) is 48.9 Å². The molecule has 0 atom stereocenters. The molecule has 6 rings (SSSR count). The largest absolute Gasteiger partial charge is 0.467 e. The minimum Gasteiger partial charge on any atom is -0.467 e. The third-order valence-electron chi connectivity index (χ3n) is 7.54. The van der Waals surface area contributed by atoms with Crippen LogP contribution in [0.5, 0.6) is 6.01 Å². The van der Waals surface area contributed by atoms with Gasteiger partial charge in [0.1, 0.15) is 11.4 Å². The van der Waals surface area contributed by atoms with Crippen molar-refractivity contribution in [2.75, 3.05) is 58.0 Å². The number of aromatic nitrogens is 4. The fourth-order valence-electron chi connectivity index (χ4n) is 5.52. The van der Waals surface area contributed by atoms with E-state index < -0.39 is 6.09 Å². The lowest BCUT2D eigenvalue weighted by atomic mass is 9.86. The van der Waals surface area contributed by atoms with E-state index in [2.05, 4.69) is 39.0 Å². The van der Waals surface area contributed by atoms with E-state index in [-0.39, 0.29) is 11.6 Å². The Bertz CT molecular complexity index is 1300. The van der Waals surface area contributed by atoms with Gasteiger partial charge in [0.15, 0.2) is 5.82 Å². The molecule has 3 fully saturated rings. The minimum atomic E-state index is -0.844. The summed E-state index contributed by atoms with van der Waals surface area (Å²) in [4.78, 5) is 24.3. The van der Waals surface area contributed by atoms with Gasteiger partial charge < -0.3 is 29.1 Å². The molecule has 0 saturated carbocycles. The second-order valence-electron chi connectivity index (χ2n) is 9.88. The number of carboxylic acid groups (broad SMARTS) is 1. The van der Waals surface area contributed by atoms with Crippen molar-refractivity contribution in [1.82, 2.24) is 24.6 Å². The Labute approximate surface area is 208 Å². The third-order valence-corrected chi connectivity index (χ3v) is 7.54. The predicted octanol–water partition coefficient (Wildman–Crippen LogP) is 2.60. The van der Waals surface area contributed by atoms with Crippen LogP contribution in [0, 0.1) is 6.92 Å². The first kappa shape index (κ1) is 23.0. The summed E-state index contributed by atoms with van der Waals surface area (Å²) in [6, 6.07) is 6.56. The monoisotopic (exact) mass is 494 g/mol. The number of hydrogen-bond donors (Lipinski definition) is 1. The van der Waals surface area contributed by atoms with Crippen LogP contribution in [0.4, 0.5) is 10.6 Å². The number of amides is 1. The molecule has 36 heavy (non-hydrogen) atoms. The van der Waals surface area contributed by atoms with Crippen molar-refractivity contribution in [3.05, 3.63) is 35.5 Å². The fraction of sp³-hybridized carbons (Fsp3) is 0.520. The van der Waals surface area contributed by atoms with Crippen molar-refractivity contribution in [1.29, 1.82) is 0 Å². The molecule has 1 N–H and O–H groups in total. The molecule has 3 aliphatic rings. The van der Waals surface area contributed by atoms with Gasteiger partial charge in [-0.3, -0.25) is 0 Å². The quantitative estimate of drug-likeness (QED) is 0.584. The van der Waals surface area contributed by atoms with Gasteiger partial charge in [-0.2, -0.15) is 15.1 Å². The van der Waals surface area contributed by atoms with Gasteiger partial charge in [-0.1, -0.05) is 0 Å². The molecular formula is C25H30N6O5. The molecule has 11 nitrogen and oxygen atoms in total. The summed E-state index contributed by atoms with van der Waals surface area (Å²) in [5.41, 5.74) is 3.11. The molecule has 1 spiro atoms. The molecule has 0 radical (unpaired) electrons. The first-order valence-electron chi connectivity index (χ1n) is 12.3. The smallest absolute Gasteiger partial charge is 0.407 e. The van der Waals surface area contributed by atoms with E-state index in [0.717, 1.165) is 36.1 Å². The van der Waals surface area contributed by atoms with Crippen LogP contribution in [-0.4, -0.2) is 94.6 Å². The molecule has 1 aromatic carbocycles. The summed E-state index contributed by atoms with van der Waals surface area (Å²) in [6.45, 7) is 6.43. The van der Waals surface area contributed by atoms with E-state index in [1.165, 1.54) is 16.0 Å². The number of anilines is 1. The van der Waals surface area contributed by atoms with Gasteiger partial charge in [0, 0.05) is 31.1 Å². The number of methoxy groups -OCH3 is 1. The van der Waals surface area contributed by atoms with Crippen molar-refractivity contribution in [3.8, 4) is 11.8 Å². The van der Waals surface area contributed by atoms with E-state index in [1.54, 1.807) is 7.11 Å². The zero-order valence-electron chi connectivity index (χ0n) is 20.5. The molecular weight excluding hydrogens is 464 g/mol. The molecule has 1 amide bonds. The zero-order valence-corrected chi connectivity index (χ0v) is 20.5. The maximum Gasteiger partial charge on any atom is 0.407 e. The van der Waals surface area contributed by atoms with E-state index >= 15 is 0 Å². The Morgan fingerprint density at radius 2 is 1.92 bits per heavy atom. The zero-order chi connectivity index (χ0) is 24.9. The summed E-state index contributed by atoms with van der Waals surface area (Å²) in [5, 5.41) is 15.0. The molecule has 0 bridgehead atoms. The number of fused-ring (bicyclic) bond motifs is 1. The first-order valence-corrected chi connectivity index (χ1v) is 12.3. The number of hydrogen-bond acceptors (Lipinski definition) is 8. The molecule has 0 aliphatic carbocycles. The summed E-state index contributed by atoms with van der Waals surface area (Å²) in [7, 11) is 1.57. The van der Waals surface area contributed by atoms with Crippen molar-refractivity contribution < 1.29 is 24.1 Å². The summed E-state index contributed by atoms with van der Waals surface area (Å²) in [5.74, 6) is 1.70. The number of ether oxygens (including phenoxy) is 3. The molecule has 3 aliphatic heterocycles. The summed E-state index contributed by atoms with van der Waals surface area (Å²) >= 11 is 0. The number of nitrogens with zero attached hydrogens (tertiary/aromatic N) is 6. The van der Waals surface area contributed by atoms with Crippen molar-refractivity contribution in [2.45, 2.75) is 31.3 Å². The van der Waals surface area contributed by atoms with Crippen LogP contribution >= 0.6 is 0 Å².